The van der Waals surface area contributed by atoms with Gasteiger partial charge >= 0.3 is 0 Å². The molecule has 1 aromatic carbocycles. The van der Waals surface area contributed by atoms with Crippen molar-refractivity contribution in [3.63, 3.8) is 0 Å². The summed E-state index contributed by atoms with van der Waals surface area (Å²) in [6.07, 6.45) is -82.0. The minimum absolute atomic E-state index is 0.0811. The maximum absolute atomic E-state index is 12.0. The van der Waals surface area contributed by atoms with Crippen LogP contribution < -0.4 is 10.1 Å². The number of ether oxygens (including phenoxy) is 16. The van der Waals surface area contributed by atoms with Gasteiger partial charge in [0.2, 0.25) is 6.29 Å². The van der Waals surface area contributed by atoms with Crippen molar-refractivity contribution < 1.29 is 198 Å². The van der Waals surface area contributed by atoms with Gasteiger partial charge in [-0.1, -0.05) is 0 Å². The van der Waals surface area contributed by atoms with E-state index in [1.54, 1.807) is 0 Å². The molecule has 0 radical (unpaired) electrons. The first-order chi connectivity index (χ1) is 46.2. The highest BCUT2D eigenvalue weighted by molar-refractivity contribution is 5.36. The zero-order valence-electron chi connectivity index (χ0n) is 50.6. The Balaban J connectivity index is 0.932. The molecular formula is C54H84N2O41. The molecule has 22 aliphatic rings. The number of aliphatic hydroxyl groups is 23. The lowest BCUT2D eigenvalue weighted by Crippen LogP contribution is -2.68. The lowest BCUT2D eigenvalue weighted by atomic mass is 9.95. The fraction of sp³-hybridized carbons (Fsp3) is 0.889. The van der Waals surface area contributed by atoms with Crippen molar-refractivity contribution in [1.29, 1.82) is 0 Å². The molecule has 22 heterocycles. The molecule has 14 bridgehead atoms. The molecule has 24 N–H and O–H groups in total. The van der Waals surface area contributed by atoms with E-state index in [0.29, 0.717) is 0 Å². The number of nitro benzene ring substituents is 1. The summed E-state index contributed by atoms with van der Waals surface area (Å²) >= 11 is 0. The highest BCUT2D eigenvalue weighted by atomic mass is 16.8. The van der Waals surface area contributed by atoms with Gasteiger partial charge in [-0.05, 0) is 12.1 Å². The maximum Gasteiger partial charge on any atom is 0.269 e. The van der Waals surface area contributed by atoms with Crippen LogP contribution in [0, 0.1) is 10.1 Å². The lowest BCUT2D eigenvalue weighted by Gasteiger charge is -2.50. The molecular weight excluding hydrogens is 1330 g/mol. The number of nitrogens with zero attached hydrogens (tertiary/aromatic N) is 1. The quantitative estimate of drug-likeness (QED) is 0.0644. The molecule has 22 saturated heterocycles. The first kappa shape index (κ1) is 76.5. The number of non-ortho nitro benzene ring substituents is 1. The Morgan fingerprint density at radius 1 is 0.299 bits per heavy atom. The van der Waals surface area contributed by atoms with Crippen molar-refractivity contribution in [2.45, 2.75) is 246 Å². The van der Waals surface area contributed by atoms with Crippen molar-refractivity contribution >= 4 is 5.69 Å². The molecule has 43 nitrogen and oxygen atoms in total. The minimum Gasteiger partial charge on any atom is -0.462 e. The van der Waals surface area contributed by atoms with Crippen LogP contribution in [0.5, 0.6) is 5.75 Å². The maximum atomic E-state index is 12.0. The van der Waals surface area contributed by atoms with Crippen LogP contribution in [-0.4, -0.2) is 421 Å². The standard InChI is InChI=1S/C54H84N2O41/c57-7-17-41-27(67)35(75)50(86-17)94-43-19(9-59)88-52(37(77)29(43)69)96-45-21(11-61)90-54(39(79)31(45)71)97-46-22(12-62)89-53(38(78)30(46)70)95-44-20(10-60)87-51(36(76)28(44)68)93-42-18(8-58)85-49(34(74)26(42)66)91-40-16(84-48(92-41)33(73)25(40)65)6-55-5-15-23(63)24(64)32(72)47(83-15)82-14-3-1-13(2-4-14)56(80)81/h1-4,15-55,57-79H,5-12H2/t15-,16-,17-,18-,19-,20-,21-,22-,23+,24+,25-,26-,27-,28-,29-,30-,31-,32-,33-,34-,35-,36-,37-,38-,39-,40-,41-,42-,43-,44-,45-,46-,47+,48-,49-,50-,51-,52-,53-,54-/m1/s1. The third kappa shape index (κ3) is 15.7. The number of rotatable bonds is 13. The van der Waals surface area contributed by atoms with E-state index < -0.39 is 303 Å². The van der Waals surface area contributed by atoms with Gasteiger partial charge in [0.25, 0.3) is 5.69 Å². The van der Waals surface area contributed by atoms with Crippen molar-refractivity contribution in [3.8, 4) is 5.75 Å². The van der Waals surface area contributed by atoms with E-state index in [-0.39, 0.29) is 11.4 Å². The SMILES string of the molecule is O=[N+]([O-])c1ccc(O[C@H]2O[C@H](CNC[C@H]3O[C@@H]4O[C@H]5[C@H](O)[C@@H](O)[C@@H](O[C@H]6[C@H](O)[C@@H](O)[C@@H](O[C@H]7[C@H](O)[C@@H](O)[C@@H](O[C@H]8[C@H](O)[C@@H](O)[C@@H](O[C@H]9[C@H](O)[C@@H](O)[C@@H](O[C@H]%10[C@H](O)[C@@H](O)[C@@H](O[C@H]3[C@H](O)[C@H]4O)O[C@@H]%10CO)O[C@@H]9CO)O[C@@H]8CO)O[C@@H]7CO)O[C@@H]6CO)O[C@@H]5CO)[C@H](O)[C@H](O)[C@H]2O)cc1. The summed E-state index contributed by atoms with van der Waals surface area (Å²) in [5.41, 5.74) is -0.324. The average Bonchev–Trinajstić information content (AvgIpc) is 0.787. The van der Waals surface area contributed by atoms with Crippen LogP contribution >= 0.6 is 0 Å². The highest BCUT2D eigenvalue weighted by Gasteiger charge is 2.60. The van der Waals surface area contributed by atoms with Crippen LogP contribution in [0.1, 0.15) is 0 Å². The lowest BCUT2D eigenvalue weighted by molar-refractivity contribution is -0.396. The summed E-state index contributed by atoms with van der Waals surface area (Å²) in [6.45, 7) is -7.80. The molecule has 1 aromatic rings. The topological polar surface area (TPSA) is 668 Å². The van der Waals surface area contributed by atoms with Crippen molar-refractivity contribution in [1.82, 2.24) is 5.32 Å². The predicted octanol–water partition coefficient (Wildman–Crippen LogP) is -15.8. The third-order valence-electron chi connectivity index (χ3n) is 18.3. The smallest absolute Gasteiger partial charge is 0.269 e. The second kappa shape index (κ2) is 32.7. The summed E-state index contributed by atoms with van der Waals surface area (Å²) < 4.78 is 92.7. The predicted molar refractivity (Wildman–Crippen MR) is 295 cm³/mol. The van der Waals surface area contributed by atoms with E-state index in [4.69, 9.17) is 75.8 Å². The van der Waals surface area contributed by atoms with Gasteiger partial charge in [0, 0.05) is 25.2 Å². The fourth-order valence-electron chi connectivity index (χ4n) is 12.8. The molecule has 0 saturated carbocycles. The van der Waals surface area contributed by atoms with Crippen LogP contribution in [0.25, 0.3) is 0 Å². The van der Waals surface area contributed by atoms with Gasteiger partial charge < -0.3 is 199 Å². The molecule has 22 aliphatic heterocycles. The first-order valence-electron chi connectivity index (χ1n) is 30.8. The number of aliphatic hydroxyl groups excluding tert-OH is 23. The van der Waals surface area contributed by atoms with Crippen molar-refractivity contribution in [3.05, 3.63) is 34.4 Å². The Bertz CT molecular complexity index is 2620. The molecule has 23 rings (SSSR count). The minimum atomic E-state index is -2.34. The molecule has 0 spiro atoms. The zero-order valence-corrected chi connectivity index (χ0v) is 50.6. The third-order valence-corrected chi connectivity index (χ3v) is 18.3. The Morgan fingerprint density at radius 2 is 0.536 bits per heavy atom. The Morgan fingerprint density at radius 3 is 0.784 bits per heavy atom. The van der Waals surface area contributed by atoms with Crippen LogP contribution in [0.4, 0.5) is 5.69 Å². The molecule has 43 heteroatoms. The monoisotopic (exact) mass is 1420 g/mol. The van der Waals surface area contributed by atoms with Gasteiger partial charge in [0.15, 0.2) is 44.0 Å². The van der Waals surface area contributed by atoms with Gasteiger partial charge in [-0.15, -0.1) is 0 Å². The van der Waals surface area contributed by atoms with Gasteiger partial charge in [0.1, 0.15) is 201 Å². The van der Waals surface area contributed by atoms with Crippen LogP contribution in [0.2, 0.25) is 0 Å². The zero-order chi connectivity index (χ0) is 70.3. The highest BCUT2D eigenvalue weighted by Crippen LogP contribution is 2.40. The van der Waals surface area contributed by atoms with Gasteiger partial charge in [-0.3, -0.25) is 10.1 Å². The summed E-state index contributed by atoms with van der Waals surface area (Å²) in [5, 5.41) is 272. The molecule has 0 unspecified atom stereocenters. The second-order valence-electron chi connectivity index (χ2n) is 24.5. The number of nitro groups is 1. The van der Waals surface area contributed by atoms with Crippen molar-refractivity contribution in [2.24, 2.45) is 0 Å². The Hall–Kier alpha value is -3.14. The Labute approximate surface area is 546 Å². The van der Waals surface area contributed by atoms with Crippen LogP contribution in [-0.2, 0) is 71.1 Å². The first-order valence-corrected chi connectivity index (χ1v) is 30.8. The summed E-state index contributed by atoms with van der Waals surface area (Å²) in [5.74, 6) is -0.0811. The molecule has 0 aromatic heterocycles. The molecule has 0 amide bonds. The molecule has 0 aliphatic carbocycles. The number of hydrogen-bond donors (Lipinski definition) is 24. The molecule has 97 heavy (non-hydrogen) atoms. The van der Waals surface area contributed by atoms with Crippen LogP contribution in [0.15, 0.2) is 24.3 Å². The van der Waals surface area contributed by atoms with E-state index >= 15 is 0 Å². The molecule has 40 atom stereocenters. The second-order valence-corrected chi connectivity index (χ2v) is 24.5. The van der Waals surface area contributed by atoms with Crippen LogP contribution in [0.3, 0.4) is 0 Å². The summed E-state index contributed by atoms with van der Waals surface area (Å²) in [6, 6.07) is 4.46. The van der Waals surface area contributed by atoms with Gasteiger partial charge in [-0.2, -0.15) is 0 Å². The van der Waals surface area contributed by atoms with E-state index in [1.807, 2.05) is 0 Å². The van der Waals surface area contributed by atoms with Crippen molar-refractivity contribution in [2.75, 3.05) is 52.7 Å². The van der Waals surface area contributed by atoms with E-state index in [9.17, 15) is 128 Å². The van der Waals surface area contributed by atoms with E-state index in [2.05, 4.69) is 5.32 Å². The number of nitrogens with one attached hydrogen (secondary N) is 1. The average molecular weight is 1420 g/mol. The van der Waals surface area contributed by atoms with Gasteiger partial charge in [-0.25, -0.2) is 0 Å². The van der Waals surface area contributed by atoms with E-state index in [0.717, 1.165) is 24.3 Å². The fourth-order valence-corrected chi connectivity index (χ4v) is 12.8. The van der Waals surface area contributed by atoms with E-state index in [1.165, 1.54) is 0 Å². The summed E-state index contributed by atoms with van der Waals surface area (Å²) in [4.78, 5) is 10.5. The summed E-state index contributed by atoms with van der Waals surface area (Å²) in [7, 11) is 0. The molecule has 556 valence electrons. The number of hydrogen-bond acceptors (Lipinski definition) is 42. The Kier molecular flexibility index (Phi) is 25.8. The number of benzene rings is 1. The van der Waals surface area contributed by atoms with Gasteiger partial charge in [0.05, 0.1) is 44.6 Å². The largest absolute Gasteiger partial charge is 0.462 e. The molecule has 22 fully saturated rings. The normalized spacial score (nSPS) is 51.1.